The molecule has 1 aliphatic heterocycles. The zero-order valence-corrected chi connectivity index (χ0v) is 9.72. The Kier molecular flexibility index (Phi) is 3.55. The van der Waals surface area contributed by atoms with Gasteiger partial charge in [-0.3, -0.25) is 14.8 Å². The third-order valence-electron chi connectivity index (χ3n) is 2.76. The van der Waals surface area contributed by atoms with Gasteiger partial charge in [0.25, 0.3) is 5.56 Å². The Morgan fingerprint density at radius 2 is 1.89 bits per heavy atom. The van der Waals surface area contributed by atoms with E-state index in [4.69, 9.17) is 21.4 Å². The number of hydrogen-bond acceptors (Lipinski definition) is 6. The molecule has 0 aromatic carbocycles. The Bertz CT molecular complexity index is 555. The third-order valence-corrected chi connectivity index (χ3v) is 3.06. The van der Waals surface area contributed by atoms with Gasteiger partial charge in [0.15, 0.2) is 0 Å². The highest BCUT2D eigenvalue weighted by Gasteiger charge is 2.45. The molecule has 5 N–H and O–H groups in total. The van der Waals surface area contributed by atoms with Crippen molar-refractivity contribution >= 4 is 11.6 Å². The van der Waals surface area contributed by atoms with Crippen molar-refractivity contribution in [2.45, 2.75) is 24.4 Å². The summed E-state index contributed by atoms with van der Waals surface area (Å²) in [6.07, 6.45) is -5.01. The van der Waals surface area contributed by atoms with Crippen LogP contribution < -0.4 is 11.2 Å². The van der Waals surface area contributed by atoms with Crippen molar-refractivity contribution in [3.8, 4) is 0 Å². The summed E-state index contributed by atoms with van der Waals surface area (Å²) >= 11 is 5.71. The van der Waals surface area contributed by atoms with Gasteiger partial charge in [-0.15, -0.1) is 0 Å². The molecule has 1 aromatic heterocycles. The quantitative estimate of drug-likeness (QED) is 0.392. The molecule has 1 saturated heterocycles. The highest BCUT2D eigenvalue weighted by Crippen LogP contribution is 2.33. The van der Waals surface area contributed by atoms with Gasteiger partial charge in [-0.1, -0.05) is 11.6 Å². The van der Waals surface area contributed by atoms with Gasteiger partial charge in [0.05, 0.1) is 12.2 Å². The van der Waals surface area contributed by atoms with E-state index in [0.717, 1.165) is 0 Å². The molecule has 0 amide bonds. The zero-order chi connectivity index (χ0) is 13.4. The molecular formula is C9H11ClN2O6. The SMILES string of the molecule is O=c1[nH]c(Cl)c([C@@H]2O[C@H](CO)[C@@H](O)[C@H]2O)c(=O)[nH]1. The van der Waals surface area contributed by atoms with Crippen molar-refractivity contribution < 1.29 is 20.1 Å². The maximum absolute atomic E-state index is 11.6. The van der Waals surface area contributed by atoms with Gasteiger partial charge >= 0.3 is 5.69 Å². The lowest BCUT2D eigenvalue weighted by molar-refractivity contribution is -0.0232. The molecule has 100 valence electrons. The summed E-state index contributed by atoms with van der Waals surface area (Å²) in [7, 11) is 0. The molecule has 2 rings (SSSR count). The average Bonchev–Trinajstić information content (AvgIpc) is 2.56. The molecule has 0 bridgehead atoms. The number of halogens is 1. The second kappa shape index (κ2) is 4.82. The highest BCUT2D eigenvalue weighted by molar-refractivity contribution is 6.30. The Labute approximate surface area is 105 Å². The van der Waals surface area contributed by atoms with Gasteiger partial charge in [0.1, 0.15) is 29.6 Å². The topological polar surface area (TPSA) is 136 Å². The number of hydrogen-bond donors (Lipinski definition) is 5. The number of aromatic amines is 2. The predicted molar refractivity (Wildman–Crippen MR) is 59.4 cm³/mol. The molecule has 0 unspecified atom stereocenters. The maximum atomic E-state index is 11.6. The summed E-state index contributed by atoms with van der Waals surface area (Å²) in [6.45, 7) is -0.520. The van der Waals surface area contributed by atoms with Gasteiger partial charge in [-0.05, 0) is 0 Å². The van der Waals surface area contributed by atoms with Crippen LogP contribution in [0.5, 0.6) is 0 Å². The molecule has 0 radical (unpaired) electrons. The van der Waals surface area contributed by atoms with E-state index in [1.54, 1.807) is 0 Å². The zero-order valence-electron chi connectivity index (χ0n) is 8.96. The Morgan fingerprint density at radius 3 is 2.39 bits per heavy atom. The summed E-state index contributed by atoms with van der Waals surface area (Å²) in [5, 5.41) is 28.0. The first-order chi connectivity index (χ1) is 8.45. The molecule has 2 heterocycles. The summed E-state index contributed by atoms with van der Waals surface area (Å²) < 4.78 is 5.15. The lowest BCUT2D eigenvalue weighted by Crippen LogP contribution is -2.34. The number of aliphatic hydroxyl groups excluding tert-OH is 3. The van der Waals surface area contributed by atoms with E-state index in [0.29, 0.717) is 0 Å². The van der Waals surface area contributed by atoms with Crippen molar-refractivity contribution in [3.05, 3.63) is 31.6 Å². The van der Waals surface area contributed by atoms with Crippen molar-refractivity contribution in [1.29, 1.82) is 0 Å². The summed E-state index contributed by atoms with van der Waals surface area (Å²) in [4.78, 5) is 26.6. The standard InChI is InChI=1S/C9H11ClN2O6/c10-7-3(8(16)12-9(17)11-7)6-5(15)4(14)2(1-13)18-6/h2,4-6,13-15H,1H2,(H2,11,12,16,17)/t2-,4-,5-,6+/m1/s1. The largest absolute Gasteiger partial charge is 0.394 e. The lowest BCUT2D eigenvalue weighted by Gasteiger charge is -2.14. The average molecular weight is 279 g/mol. The first kappa shape index (κ1) is 13.2. The van der Waals surface area contributed by atoms with E-state index < -0.39 is 42.3 Å². The minimum atomic E-state index is -1.42. The fourth-order valence-corrected chi connectivity index (χ4v) is 2.14. The van der Waals surface area contributed by atoms with Gasteiger partial charge in [-0.2, -0.15) is 0 Å². The second-order valence-corrected chi connectivity index (χ2v) is 4.27. The first-order valence-electron chi connectivity index (χ1n) is 5.10. The second-order valence-electron chi connectivity index (χ2n) is 3.89. The Hall–Kier alpha value is -1.19. The molecule has 0 saturated carbocycles. The maximum Gasteiger partial charge on any atom is 0.326 e. The van der Waals surface area contributed by atoms with Crippen LogP contribution in [0.1, 0.15) is 11.7 Å². The van der Waals surface area contributed by atoms with Crippen LogP contribution in [0.4, 0.5) is 0 Å². The van der Waals surface area contributed by atoms with E-state index in [1.807, 2.05) is 4.98 Å². The van der Waals surface area contributed by atoms with Crippen molar-refractivity contribution in [2.75, 3.05) is 6.61 Å². The van der Waals surface area contributed by atoms with E-state index >= 15 is 0 Å². The van der Waals surface area contributed by atoms with Crippen LogP contribution >= 0.6 is 11.6 Å². The molecular weight excluding hydrogens is 268 g/mol. The van der Waals surface area contributed by atoms with Gasteiger partial charge in [-0.25, -0.2) is 4.79 Å². The number of aliphatic hydroxyl groups is 3. The molecule has 0 spiro atoms. The molecule has 1 aliphatic rings. The van der Waals surface area contributed by atoms with Gasteiger partial charge in [0.2, 0.25) is 0 Å². The molecule has 1 aromatic rings. The lowest BCUT2D eigenvalue weighted by atomic mass is 10.0. The number of nitrogens with one attached hydrogen (secondary N) is 2. The predicted octanol–water partition coefficient (Wildman–Crippen LogP) is -2.13. The van der Waals surface area contributed by atoms with Crippen molar-refractivity contribution in [3.63, 3.8) is 0 Å². The van der Waals surface area contributed by atoms with Crippen molar-refractivity contribution in [1.82, 2.24) is 9.97 Å². The third kappa shape index (κ3) is 2.08. The van der Waals surface area contributed by atoms with E-state index in [9.17, 15) is 19.8 Å². The minimum Gasteiger partial charge on any atom is -0.394 e. The molecule has 4 atom stereocenters. The smallest absolute Gasteiger partial charge is 0.326 e. The van der Waals surface area contributed by atoms with Crippen LogP contribution in [0.3, 0.4) is 0 Å². The molecule has 1 fully saturated rings. The van der Waals surface area contributed by atoms with Crippen LogP contribution in [-0.4, -0.2) is 50.2 Å². The van der Waals surface area contributed by atoms with Crippen LogP contribution in [0.15, 0.2) is 9.59 Å². The minimum absolute atomic E-state index is 0.196. The number of ether oxygens (including phenoxy) is 1. The monoisotopic (exact) mass is 278 g/mol. The highest BCUT2D eigenvalue weighted by atomic mass is 35.5. The number of rotatable bonds is 2. The van der Waals surface area contributed by atoms with Crippen LogP contribution in [0.2, 0.25) is 5.15 Å². The normalized spacial score (nSPS) is 31.8. The number of H-pyrrole nitrogens is 2. The van der Waals surface area contributed by atoms with Crippen molar-refractivity contribution in [2.24, 2.45) is 0 Å². The van der Waals surface area contributed by atoms with E-state index in [-0.39, 0.29) is 10.7 Å². The summed E-state index contributed by atoms with van der Waals surface area (Å²) in [6, 6.07) is 0. The fourth-order valence-electron chi connectivity index (χ4n) is 1.86. The van der Waals surface area contributed by atoms with Gasteiger partial charge < -0.3 is 20.1 Å². The van der Waals surface area contributed by atoms with Crippen LogP contribution in [0, 0.1) is 0 Å². The fraction of sp³-hybridized carbons (Fsp3) is 0.556. The van der Waals surface area contributed by atoms with Crippen LogP contribution in [0.25, 0.3) is 0 Å². The molecule has 18 heavy (non-hydrogen) atoms. The number of aromatic nitrogens is 2. The molecule has 0 aliphatic carbocycles. The summed E-state index contributed by atoms with van der Waals surface area (Å²) in [5.41, 5.74) is -1.81. The van der Waals surface area contributed by atoms with E-state index in [2.05, 4.69) is 4.98 Å². The Balaban J connectivity index is 2.45. The Morgan fingerprint density at radius 1 is 1.22 bits per heavy atom. The molecule has 8 nitrogen and oxygen atoms in total. The van der Waals surface area contributed by atoms with Gasteiger partial charge in [0, 0.05) is 0 Å². The van der Waals surface area contributed by atoms with E-state index in [1.165, 1.54) is 0 Å². The first-order valence-corrected chi connectivity index (χ1v) is 5.48. The molecule has 9 heteroatoms. The van der Waals surface area contributed by atoms with Crippen LogP contribution in [-0.2, 0) is 4.74 Å². The summed E-state index contributed by atoms with van der Waals surface area (Å²) in [5.74, 6) is 0.